The fourth-order valence-corrected chi connectivity index (χ4v) is 2.86. The predicted octanol–water partition coefficient (Wildman–Crippen LogP) is 2.46. The molecule has 0 aliphatic carbocycles. The summed E-state index contributed by atoms with van der Waals surface area (Å²) in [5, 5.41) is 2.70. The van der Waals surface area contributed by atoms with Gasteiger partial charge in [-0.25, -0.2) is 0 Å². The van der Waals surface area contributed by atoms with Crippen LogP contribution in [0.1, 0.15) is 38.1 Å². The lowest BCUT2D eigenvalue weighted by atomic mass is 10.0. The lowest BCUT2D eigenvalue weighted by Crippen LogP contribution is -2.55. The molecule has 0 aromatic heterocycles. The van der Waals surface area contributed by atoms with E-state index in [1.807, 2.05) is 13.8 Å². The van der Waals surface area contributed by atoms with Gasteiger partial charge in [-0.1, -0.05) is 26.0 Å². The van der Waals surface area contributed by atoms with Crippen LogP contribution in [0.4, 0.5) is 0 Å². The number of carbonyl (C=O) groups excluding carboxylic acids is 3. The standard InChI is InChI=1S/C24H31N3O6/c1-5-31-18-13-11-17(12-14-18)23(29)25-22(16(3)4)24(30)27-26-21(28)15-33-20-10-8-7-9-19(20)32-6-2/h7-14,16,22H,5-6,15H2,1-4H3,(H,25,29)(H,26,28)(H,27,30)/t22-/m0/s1. The van der Waals surface area contributed by atoms with Crippen LogP contribution in [0.2, 0.25) is 0 Å². The summed E-state index contributed by atoms with van der Waals surface area (Å²) < 4.78 is 16.3. The Labute approximate surface area is 193 Å². The van der Waals surface area contributed by atoms with Crippen LogP contribution >= 0.6 is 0 Å². The lowest BCUT2D eigenvalue weighted by molar-refractivity contribution is -0.131. The van der Waals surface area contributed by atoms with Gasteiger partial charge in [0.2, 0.25) is 0 Å². The SMILES string of the molecule is CCOc1ccc(C(=O)N[C@H](C(=O)NNC(=O)COc2ccccc2OCC)C(C)C)cc1. The molecular weight excluding hydrogens is 426 g/mol. The fourth-order valence-electron chi connectivity index (χ4n) is 2.86. The number of ether oxygens (including phenoxy) is 3. The summed E-state index contributed by atoms with van der Waals surface area (Å²) >= 11 is 0. The average Bonchev–Trinajstić information content (AvgIpc) is 2.81. The molecule has 0 saturated carbocycles. The third kappa shape index (κ3) is 8.03. The molecule has 3 N–H and O–H groups in total. The Morgan fingerprint density at radius 3 is 2.00 bits per heavy atom. The fraction of sp³-hybridized carbons (Fsp3) is 0.375. The Kier molecular flexibility index (Phi) is 10.0. The van der Waals surface area contributed by atoms with Crippen molar-refractivity contribution in [2.75, 3.05) is 19.8 Å². The highest BCUT2D eigenvalue weighted by atomic mass is 16.5. The summed E-state index contributed by atoms with van der Waals surface area (Å²) in [4.78, 5) is 37.3. The second-order valence-corrected chi connectivity index (χ2v) is 7.36. The molecule has 0 aliphatic heterocycles. The topological polar surface area (TPSA) is 115 Å². The highest BCUT2D eigenvalue weighted by molar-refractivity contribution is 5.98. The number of rotatable bonds is 11. The first-order valence-corrected chi connectivity index (χ1v) is 10.8. The van der Waals surface area contributed by atoms with Crippen LogP contribution in [0.15, 0.2) is 48.5 Å². The van der Waals surface area contributed by atoms with Crippen LogP contribution in [0.3, 0.4) is 0 Å². The van der Waals surface area contributed by atoms with Crippen molar-refractivity contribution in [2.45, 2.75) is 33.7 Å². The molecule has 9 nitrogen and oxygen atoms in total. The Morgan fingerprint density at radius 1 is 0.818 bits per heavy atom. The largest absolute Gasteiger partial charge is 0.494 e. The Balaban J connectivity index is 1.88. The Morgan fingerprint density at radius 2 is 1.42 bits per heavy atom. The van der Waals surface area contributed by atoms with Crippen molar-refractivity contribution in [2.24, 2.45) is 5.92 Å². The first-order valence-electron chi connectivity index (χ1n) is 10.8. The van der Waals surface area contributed by atoms with Crippen LogP contribution in [-0.2, 0) is 9.59 Å². The zero-order valence-corrected chi connectivity index (χ0v) is 19.3. The van der Waals surface area contributed by atoms with Crippen LogP contribution in [0.25, 0.3) is 0 Å². The van der Waals surface area contributed by atoms with E-state index in [1.54, 1.807) is 62.4 Å². The van der Waals surface area contributed by atoms with Crippen molar-refractivity contribution >= 4 is 17.7 Å². The lowest BCUT2D eigenvalue weighted by Gasteiger charge is -2.22. The molecule has 9 heteroatoms. The van der Waals surface area contributed by atoms with E-state index < -0.39 is 23.8 Å². The van der Waals surface area contributed by atoms with E-state index in [0.717, 1.165) is 0 Å². The highest BCUT2D eigenvalue weighted by Gasteiger charge is 2.25. The smallest absolute Gasteiger partial charge is 0.276 e. The minimum atomic E-state index is -0.857. The molecule has 0 radical (unpaired) electrons. The Hall–Kier alpha value is -3.75. The van der Waals surface area contributed by atoms with Gasteiger partial charge < -0.3 is 19.5 Å². The number of hydrazine groups is 1. The van der Waals surface area contributed by atoms with E-state index in [-0.39, 0.29) is 12.5 Å². The minimum absolute atomic E-state index is 0.220. The number of benzene rings is 2. The van der Waals surface area contributed by atoms with Crippen molar-refractivity contribution in [3.63, 3.8) is 0 Å². The Bertz CT molecular complexity index is 930. The quantitative estimate of drug-likeness (QED) is 0.447. The van der Waals surface area contributed by atoms with Crippen LogP contribution in [0, 0.1) is 5.92 Å². The molecule has 0 aliphatic rings. The van der Waals surface area contributed by atoms with Gasteiger partial charge >= 0.3 is 0 Å². The molecule has 2 aromatic rings. The monoisotopic (exact) mass is 457 g/mol. The van der Waals surface area contributed by atoms with E-state index in [0.29, 0.717) is 36.0 Å². The molecule has 2 rings (SSSR count). The molecule has 0 bridgehead atoms. The molecule has 0 spiro atoms. The van der Waals surface area contributed by atoms with Crippen molar-refractivity contribution in [3.05, 3.63) is 54.1 Å². The minimum Gasteiger partial charge on any atom is -0.494 e. The zero-order valence-electron chi connectivity index (χ0n) is 19.3. The van der Waals surface area contributed by atoms with Gasteiger partial charge in [0.25, 0.3) is 17.7 Å². The van der Waals surface area contributed by atoms with Gasteiger partial charge in [-0.2, -0.15) is 0 Å². The zero-order chi connectivity index (χ0) is 24.2. The summed E-state index contributed by atoms with van der Waals surface area (Å²) in [7, 11) is 0. The van der Waals surface area contributed by atoms with Gasteiger partial charge in [-0.05, 0) is 56.2 Å². The maximum atomic E-state index is 12.6. The van der Waals surface area contributed by atoms with Crippen LogP contribution in [-0.4, -0.2) is 43.6 Å². The highest BCUT2D eigenvalue weighted by Crippen LogP contribution is 2.26. The van der Waals surface area contributed by atoms with Gasteiger partial charge in [0.15, 0.2) is 18.1 Å². The molecule has 0 heterocycles. The number of hydrogen-bond donors (Lipinski definition) is 3. The molecule has 0 saturated heterocycles. The van der Waals surface area contributed by atoms with Crippen molar-refractivity contribution < 1.29 is 28.6 Å². The van der Waals surface area contributed by atoms with E-state index in [4.69, 9.17) is 14.2 Å². The summed E-state index contributed by atoms with van der Waals surface area (Å²) in [6.07, 6.45) is 0. The molecule has 1 atom stereocenters. The molecule has 33 heavy (non-hydrogen) atoms. The van der Waals surface area contributed by atoms with Crippen molar-refractivity contribution in [3.8, 4) is 17.2 Å². The number of hydrogen-bond acceptors (Lipinski definition) is 6. The summed E-state index contributed by atoms with van der Waals surface area (Å²) in [6, 6.07) is 12.7. The summed E-state index contributed by atoms with van der Waals surface area (Å²) in [6.45, 7) is 7.96. The van der Waals surface area contributed by atoms with E-state index in [2.05, 4.69) is 16.2 Å². The van der Waals surface area contributed by atoms with E-state index >= 15 is 0 Å². The molecular formula is C24H31N3O6. The van der Waals surface area contributed by atoms with E-state index in [1.165, 1.54) is 0 Å². The predicted molar refractivity (Wildman–Crippen MR) is 123 cm³/mol. The number of carbonyl (C=O) groups is 3. The van der Waals surface area contributed by atoms with Crippen molar-refractivity contribution in [1.82, 2.24) is 16.2 Å². The second kappa shape index (κ2) is 12.9. The number of amides is 3. The normalized spacial score (nSPS) is 11.3. The van der Waals surface area contributed by atoms with Crippen molar-refractivity contribution in [1.29, 1.82) is 0 Å². The van der Waals surface area contributed by atoms with Gasteiger partial charge in [-0.15, -0.1) is 0 Å². The van der Waals surface area contributed by atoms with Gasteiger partial charge in [-0.3, -0.25) is 25.2 Å². The van der Waals surface area contributed by atoms with Crippen LogP contribution < -0.4 is 30.4 Å². The summed E-state index contributed by atoms with van der Waals surface area (Å²) in [5.41, 5.74) is 5.03. The first-order chi connectivity index (χ1) is 15.8. The van der Waals surface area contributed by atoms with Crippen LogP contribution in [0.5, 0.6) is 17.2 Å². The molecule has 3 amide bonds. The molecule has 0 unspecified atom stereocenters. The van der Waals surface area contributed by atoms with Gasteiger partial charge in [0.05, 0.1) is 13.2 Å². The summed E-state index contributed by atoms with van der Waals surface area (Å²) in [5.74, 6) is -0.141. The number of para-hydroxylation sites is 2. The molecule has 178 valence electrons. The maximum Gasteiger partial charge on any atom is 0.276 e. The molecule has 2 aromatic carbocycles. The third-order valence-corrected chi connectivity index (χ3v) is 4.50. The maximum absolute atomic E-state index is 12.6. The van der Waals surface area contributed by atoms with Gasteiger partial charge in [0, 0.05) is 5.56 Å². The van der Waals surface area contributed by atoms with E-state index in [9.17, 15) is 14.4 Å². The third-order valence-electron chi connectivity index (χ3n) is 4.50. The first kappa shape index (κ1) is 25.5. The second-order valence-electron chi connectivity index (χ2n) is 7.36. The average molecular weight is 458 g/mol. The number of nitrogens with one attached hydrogen (secondary N) is 3. The molecule has 0 fully saturated rings. The van der Waals surface area contributed by atoms with Gasteiger partial charge in [0.1, 0.15) is 11.8 Å².